The van der Waals surface area contributed by atoms with Crippen molar-refractivity contribution in [2.45, 2.75) is 27.2 Å². The molecule has 0 saturated carbocycles. The fourth-order valence-electron chi connectivity index (χ4n) is 6.98. The third kappa shape index (κ3) is 5.93. The number of thiophene rings is 1. The molecule has 0 atom stereocenters. The molecule has 0 aliphatic heterocycles. The van der Waals surface area contributed by atoms with E-state index in [1.165, 1.54) is 48.8 Å². The highest BCUT2D eigenvalue weighted by molar-refractivity contribution is 7.20. The quantitative estimate of drug-likeness (QED) is 0.154. The van der Waals surface area contributed by atoms with Crippen LogP contribution in [0.1, 0.15) is 27.4 Å². The number of para-hydroxylation sites is 1. The lowest BCUT2D eigenvalue weighted by Gasteiger charge is -2.14. The lowest BCUT2D eigenvalue weighted by Crippen LogP contribution is -2.02. The summed E-state index contributed by atoms with van der Waals surface area (Å²) >= 11 is 1.82. The third-order valence-electron chi connectivity index (χ3n) is 9.76. The number of phenols is 3. The molecule has 260 valence electrons. The zero-order chi connectivity index (χ0) is 36.8. The Morgan fingerprint density at radius 2 is 1.53 bits per heavy atom. The first-order chi connectivity index (χ1) is 25.7. The number of aromatic hydroxyl groups is 3. The van der Waals surface area contributed by atoms with E-state index in [4.69, 9.17) is 25.3 Å². The smallest absolute Gasteiger partial charge is 0.200 e. The molecule has 1 aliphatic carbocycles. The van der Waals surface area contributed by atoms with Crippen molar-refractivity contribution in [1.82, 2.24) is 19.5 Å². The van der Waals surface area contributed by atoms with E-state index in [-0.39, 0.29) is 11.5 Å². The molecule has 0 radical (unpaired) electrons. The summed E-state index contributed by atoms with van der Waals surface area (Å²) in [7, 11) is 0. The number of hydrogen-bond acceptors (Lipinski definition) is 7. The fraction of sp³-hybridized carbons (Fsp3) is 0.0889. The summed E-state index contributed by atoms with van der Waals surface area (Å²) in [5.74, 6) is -0.304. The number of allylic oxidation sites excluding steroid dienone is 5. The van der Waals surface area contributed by atoms with Gasteiger partial charge in [-0.25, -0.2) is 15.0 Å². The molecule has 53 heavy (non-hydrogen) atoms. The van der Waals surface area contributed by atoms with Gasteiger partial charge in [-0.1, -0.05) is 79.4 Å². The van der Waals surface area contributed by atoms with Gasteiger partial charge in [-0.15, -0.1) is 11.3 Å². The van der Waals surface area contributed by atoms with Crippen LogP contribution in [-0.2, 0) is 6.42 Å². The van der Waals surface area contributed by atoms with Crippen molar-refractivity contribution in [2.24, 2.45) is 0 Å². The summed E-state index contributed by atoms with van der Waals surface area (Å²) in [6, 6.07) is 31.3. The topological polar surface area (TPSA) is 104 Å². The Hall–Kier alpha value is -6.51. The Morgan fingerprint density at radius 3 is 2.38 bits per heavy atom. The highest BCUT2D eigenvalue weighted by atomic mass is 32.1. The molecule has 0 amide bonds. The van der Waals surface area contributed by atoms with Crippen LogP contribution in [0, 0.1) is 20.8 Å². The Labute approximate surface area is 310 Å². The van der Waals surface area contributed by atoms with Crippen LogP contribution in [0.3, 0.4) is 0 Å². The average Bonchev–Trinajstić information content (AvgIpc) is 3.72. The number of aromatic nitrogens is 4. The first-order valence-corrected chi connectivity index (χ1v) is 18.1. The van der Waals surface area contributed by atoms with E-state index >= 15 is 0 Å². The molecule has 3 N–H and O–H groups in total. The van der Waals surface area contributed by atoms with Gasteiger partial charge in [-0.2, -0.15) is 0 Å². The monoisotopic (exact) mass is 712 g/mol. The molecule has 0 unspecified atom stereocenters. The maximum absolute atomic E-state index is 9.16. The number of pyridine rings is 1. The maximum atomic E-state index is 9.16. The molecule has 0 bridgehead atoms. The van der Waals surface area contributed by atoms with Crippen molar-refractivity contribution in [3.8, 4) is 45.5 Å². The van der Waals surface area contributed by atoms with E-state index in [0.717, 1.165) is 39.9 Å². The van der Waals surface area contributed by atoms with Crippen LogP contribution in [0.25, 0.3) is 65.8 Å². The standard InChI is InChI=1S/C37H26N4S.C8H10O3/c1-23-12-4-3-5-19-31-33(34-29-16-7-9-20-32(29)42-35(23)34)28-15-6-8-18-30(28)41(31)26-14-10-13-25(22-26)36-39-24(2)27-17-11-21-38-37(27)40-36;1-4-3-6(9)8(11)7(10)5(4)2/h3-18,20-22H,1,19H2,2H3;3,9-11H,1-2H3/b5-3-,12-4-;. The molecule has 0 fully saturated rings. The zero-order valence-corrected chi connectivity index (χ0v) is 30.3. The van der Waals surface area contributed by atoms with Gasteiger partial charge >= 0.3 is 0 Å². The zero-order valence-electron chi connectivity index (χ0n) is 29.5. The van der Waals surface area contributed by atoms with Crippen LogP contribution >= 0.6 is 11.3 Å². The van der Waals surface area contributed by atoms with Gasteiger partial charge in [0.25, 0.3) is 0 Å². The van der Waals surface area contributed by atoms with Crippen LogP contribution in [0.4, 0.5) is 0 Å². The van der Waals surface area contributed by atoms with E-state index in [1.54, 1.807) is 20.0 Å². The van der Waals surface area contributed by atoms with E-state index < -0.39 is 5.75 Å². The lowest BCUT2D eigenvalue weighted by atomic mass is 9.95. The van der Waals surface area contributed by atoms with Gasteiger partial charge in [0.05, 0.1) is 11.2 Å². The molecule has 0 saturated heterocycles. The molecule has 8 aromatic rings. The lowest BCUT2D eigenvalue weighted by molar-refractivity contribution is 0.365. The van der Waals surface area contributed by atoms with E-state index in [9.17, 15) is 0 Å². The number of benzene rings is 4. The molecule has 7 nitrogen and oxygen atoms in total. The van der Waals surface area contributed by atoms with Crippen LogP contribution < -0.4 is 0 Å². The van der Waals surface area contributed by atoms with Gasteiger partial charge < -0.3 is 19.9 Å². The Balaban J connectivity index is 0.000000314. The SMILES string of the molecule is C=C1/C=C\C=C/Cc2c(c3ccccc3n2-c2cccc(-c3nc(C)c4cccnc4n3)c2)-c2c1sc1ccccc21.Cc1cc(O)c(O)c(O)c1C. The third-order valence-corrected chi connectivity index (χ3v) is 11.0. The molecule has 8 heteroatoms. The van der Waals surface area contributed by atoms with Crippen LogP contribution in [0.2, 0.25) is 0 Å². The molecule has 0 spiro atoms. The molecule has 4 heterocycles. The largest absolute Gasteiger partial charge is 0.504 e. The molecular formula is C45H36N4O3S. The highest BCUT2D eigenvalue weighted by Crippen LogP contribution is 2.48. The molecule has 4 aromatic heterocycles. The van der Waals surface area contributed by atoms with Gasteiger partial charge in [0.1, 0.15) is 0 Å². The first kappa shape index (κ1) is 33.6. The first-order valence-electron chi connectivity index (χ1n) is 17.3. The highest BCUT2D eigenvalue weighted by Gasteiger charge is 2.25. The second-order valence-corrected chi connectivity index (χ2v) is 14.1. The van der Waals surface area contributed by atoms with Crippen LogP contribution in [0.15, 0.2) is 128 Å². The average molecular weight is 713 g/mol. The Kier molecular flexibility index (Phi) is 8.60. The van der Waals surface area contributed by atoms with Crippen molar-refractivity contribution < 1.29 is 15.3 Å². The minimum Gasteiger partial charge on any atom is -0.504 e. The Bertz CT molecular complexity index is 2780. The van der Waals surface area contributed by atoms with Gasteiger partial charge in [0, 0.05) is 66.4 Å². The van der Waals surface area contributed by atoms with Crippen LogP contribution in [0.5, 0.6) is 17.2 Å². The predicted octanol–water partition coefficient (Wildman–Crippen LogP) is 10.9. The van der Waals surface area contributed by atoms with Crippen molar-refractivity contribution >= 4 is 48.9 Å². The van der Waals surface area contributed by atoms with Gasteiger partial charge in [-0.3, -0.25) is 0 Å². The second kappa shape index (κ2) is 13.6. The number of rotatable bonds is 2. The molecule has 1 aliphatic rings. The van der Waals surface area contributed by atoms with Crippen molar-refractivity contribution in [3.05, 3.63) is 155 Å². The van der Waals surface area contributed by atoms with Crippen molar-refractivity contribution in [1.29, 1.82) is 0 Å². The van der Waals surface area contributed by atoms with Crippen molar-refractivity contribution in [3.63, 3.8) is 0 Å². The summed E-state index contributed by atoms with van der Waals surface area (Å²) in [6.07, 6.45) is 11.2. The summed E-state index contributed by atoms with van der Waals surface area (Å²) in [4.78, 5) is 15.4. The van der Waals surface area contributed by atoms with Gasteiger partial charge in [-0.05, 0) is 79.9 Å². The number of aryl methyl sites for hydroxylation is 2. The van der Waals surface area contributed by atoms with Crippen LogP contribution in [-0.4, -0.2) is 34.8 Å². The van der Waals surface area contributed by atoms with Gasteiger partial charge in [0.15, 0.2) is 23.0 Å². The summed E-state index contributed by atoms with van der Waals surface area (Å²) in [6.45, 7) is 9.91. The number of fused-ring (bicyclic) bond motifs is 8. The normalized spacial score (nSPS) is 13.7. The molecular weight excluding hydrogens is 677 g/mol. The minimum absolute atomic E-state index is 0.248. The predicted molar refractivity (Wildman–Crippen MR) is 217 cm³/mol. The minimum atomic E-state index is -0.451. The summed E-state index contributed by atoms with van der Waals surface area (Å²) in [5.41, 5.74) is 11.0. The van der Waals surface area contributed by atoms with E-state index in [0.29, 0.717) is 17.0 Å². The second-order valence-electron chi connectivity index (χ2n) is 13.1. The number of hydrogen-bond donors (Lipinski definition) is 3. The number of nitrogens with zero attached hydrogens (tertiary/aromatic N) is 4. The van der Waals surface area contributed by atoms with Crippen molar-refractivity contribution in [2.75, 3.05) is 0 Å². The van der Waals surface area contributed by atoms with Gasteiger partial charge in [0.2, 0.25) is 5.75 Å². The maximum Gasteiger partial charge on any atom is 0.200 e. The molecule has 4 aromatic carbocycles. The fourth-order valence-corrected chi connectivity index (χ4v) is 8.14. The molecule has 9 rings (SSSR count). The summed E-state index contributed by atoms with van der Waals surface area (Å²) < 4.78 is 3.68. The van der Waals surface area contributed by atoms with E-state index in [1.807, 2.05) is 30.4 Å². The van der Waals surface area contributed by atoms with E-state index in [2.05, 4.69) is 113 Å². The summed E-state index contributed by atoms with van der Waals surface area (Å²) in [5, 5.41) is 30.6. The number of phenolic OH excluding ortho intramolecular Hbond substituents is 3. The Morgan fingerprint density at radius 1 is 0.755 bits per heavy atom.